The number of hydrogen-bond donors (Lipinski definition) is 4. The van der Waals surface area contributed by atoms with E-state index in [4.69, 9.17) is 11.5 Å². The quantitative estimate of drug-likeness (QED) is 0.578. The normalized spacial score (nSPS) is 14.5. The average Bonchev–Trinajstić information content (AvgIpc) is 2.48. The molecule has 0 aliphatic heterocycles. The van der Waals surface area contributed by atoms with Crippen LogP contribution in [-0.4, -0.2) is 28.1 Å². The van der Waals surface area contributed by atoms with Crippen molar-refractivity contribution in [1.82, 2.24) is 0 Å². The molecule has 0 heterocycles. The summed E-state index contributed by atoms with van der Waals surface area (Å²) in [5, 5.41) is 20.5. The Balaban J connectivity index is 1.91. The van der Waals surface area contributed by atoms with Crippen LogP contribution >= 0.6 is 0 Å². The minimum absolute atomic E-state index is 0.0376. The third-order valence-electron chi connectivity index (χ3n) is 3.80. The van der Waals surface area contributed by atoms with Crippen molar-refractivity contribution in [3.8, 4) is 0 Å². The maximum Gasteiger partial charge on any atom is 0.179 e. The molecule has 2 rings (SSSR count). The molecule has 0 saturated carbocycles. The molecule has 0 fully saturated rings. The van der Waals surface area contributed by atoms with Gasteiger partial charge in [-0.15, -0.1) is 0 Å². The highest BCUT2D eigenvalue weighted by Gasteiger charge is 2.33. The molecule has 0 aliphatic rings. The van der Waals surface area contributed by atoms with Gasteiger partial charge in [0.05, 0.1) is 6.04 Å². The molecule has 0 radical (unpaired) electrons. The first-order chi connectivity index (χ1) is 10.5. The van der Waals surface area contributed by atoms with Gasteiger partial charge in [0, 0.05) is 12.5 Å². The molecule has 2 atom stereocenters. The zero-order valence-electron chi connectivity index (χ0n) is 12.6. The molecule has 4 heteroatoms. The lowest BCUT2D eigenvalue weighted by Gasteiger charge is -2.31. The Bertz CT molecular complexity index is 558. The highest BCUT2D eigenvalue weighted by atomic mass is 16.5. The minimum atomic E-state index is -1.98. The van der Waals surface area contributed by atoms with Crippen LogP contribution < -0.4 is 11.5 Å². The van der Waals surface area contributed by atoms with E-state index in [1.165, 1.54) is 0 Å². The summed E-state index contributed by atoms with van der Waals surface area (Å²) in [5.74, 6) is -1.98. The summed E-state index contributed by atoms with van der Waals surface area (Å²) in [7, 11) is 0. The highest BCUT2D eigenvalue weighted by molar-refractivity contribution is 5.17. The molecule has 2 aromatic carbocycles. The van der Waals surface area contributed by atoms with Crippen LogP contribution in [0.1, 0.15) is 17.5 Å². The summed E-state index contributed by atoms with van der Waals surface area (Å²) in [5.41, 5.74) is 14.1. The molecule has 22 heavy (non-hydrogen) atoms. The predicted octanol–water partition coefficient (Wildman–Crippen LogP) is 1.20. The molecule has 0 aromatic heterocycles. The lowest BCUT2D eigenvalue weighted by molar-refractivity contribution is -0.183. The van der Waals surface area contributed by atoms with Gasteiger partial charge in [0.1, 0.15) is 0 Å². The Labute approximate surface area is 131 Å². The SMILES string of the molecule is N[C@@H](Cc1ccccc1)CC(O)(O)[C@@H](N)Cc1ccccc1. The van der Waals surface area contributed by atoms with Gasteiger partial charge >= 0.3 is 0 Å². The van der Waals surface area contributed by atoms with Gasteiger partial charge in [-0.25, -0.2) is 0 Å². The van der Waals surface area contributed by atoms with Gasteiger partial charge in [-0.3, -0.25) is 0 Å². The second-order valence-corrected chi connectivity index (χ2v) is 5.83. The Morgan fingerprint density at radius 2 is 1.23 bits per heavy atom. The third-order valence-corrected chi connectivity index (χ3v) is 3.80. The van der Waals surface area contributed by atoms with Gasteiger partial charge in [-0.2, -0.15) is 0 Å². The molecule has 0 spiro atoms. The molecule has 0 amide bonds. The van der Waals surface area contributed by atoms with Gasteiger partial charge in [0.15, 0.2) is 5.79 Å². The van der Waals surface area contributed by atoms with E-state index in [0.717, 1.165) is 11.1 Å². The Morgan fingerprint density at radius 1 is 0.773 bits per heavy atom. The summed E-state index contributed by atoms with van der Waals surface area (Å²) in [6, 6.07) is 18.2. The second kappa shape index (κ2) is 7.51. The first-order valence-electron chi connectivity index (χ1n) is 7.51. The van der Waals surface area contributed by atoms with Gasteiger partial charge in [-0.05, 0) is 24.0 Å². The molecule has 0 aliphatic carbocycles. The second-order valence-electron chi connectivity index (χ2n) is 5.83. The van der Waals surface area contributed by atoms with E-state index in [2.05, 4.69) is 0 Å². The predicted molar refractivity (Wildman–Crippen MR) is 88.0 cm³/mol. The molecule has 6 N–H and O–H groups in total. The van der Waals surface area contributed by atoms with Gasteiger partial charge in [0.2, 0.25) is 0 Å². The van der Waals surface area contributed by atoms with E-state index in [1.807, 2.05) is 60.7 Å². The van der Waals surface area contributed by atoms with Crippen molar-refractivity contribution in [2.24, 2.45) is 11.5 Å². The Morgan fingerprint density at radius 3 is 1.73 bits per heavy atom. The molecule has 4 nitrogen and oxygen atoms in total. The van der Waals surface area contributed by atoms with Crippen LogP contribution in [0.4, 0.5) is 0 Å². The number of nitrogens with two attached hydrogens (primary N) is 2. The molecule has 2 aromatic rings. The van der Waals surface area contributed by atoms with Crippen LogP contribution in [0, 0.1) is 0 Å². The Kier molecular flexibility index (Phi) is 5.69. The number of benzene rings is 2. The Hall–Kier alpha value is -1.72. The van der Waals surface area contributed by atoms with Crippen LogP contribution in [0.15, 0.2) is 60.7 Å². The molecule has 0 saturated heterocycles. The fourth-order valence-electron chi connectivity index (χ4n) is 2.56. The van der Waals surface area contributed by atoms with Gasteiger partial charge in [0.25, 0.3) is 0 Å². The van der Waals surface area contributed by atoms with Crippen LogP contribution in [-0.2, 0) is 12.8 Å². The fourth-order valence-corrected chi connectivity index (χ4v) is 2.56. The molecule has 0 unspecified atom stereocenters. The van der Waals surface area contributed by atoms with Crippen molar-refractivity contribution in [2.75, 3.05) is 0 Å². The number of aliphatic hydroxyl groups is 2. The molecular weight excluding hydrogens is 276 g/mol. The van der Waals surface area contributed by atoms with E-state index in [0.29, 0.717) is 12.8 Å². The highest BCUT2D eigenvalue weighted by Crippen LogP contribution is 2.18. The maximum atomic E-state index is 10.2. The van der Waals surface area contributed by atoms with Crippen molar-refractivity contribution < 1.29 is 10.2 Å². The van der Waals surface area contributed by atoms with Crippen LogP contribution in [0.25, 0.3) is 0 Å². The number of hydrogen-bond acceptors (Lipinski definition) is 4. The van der Waals surface area contributed by atoms with E-state index in [1.54, 1.807) is 0 Å². The molecule has 0 bridgehead atoms. The lowest BCUT2D eigenvalue weighted by Crippen LogP contribution is -2.52. The first-order valence-corrected chi connectivity index (χ1v) is 7.51. The van der Waals surface area contributed by atoms with E-state index < -0.39 is 11.8 Å². The van der Waals surface area contributed by atoms with E-state index in [9.17, 15) is 10.2 Å². The zero-order valence-corrected chi connectivity index (χ0v) is 12.6. The number of rotatable bonds is 7. The smallest absolute Gasteiger partial charge is 0.179 e. The van der Waals surface area contributed by atoms with Crippen LogP contribution in [0.5, 0.6) is 0 Å². The fraction of sp³-hybridized carbons (Fsp3) is 0.333. The minimum Gasteiger partial charge on any atom is -0.364 e. The van der Waals surface area contributed by atoms with Crippen molar-refractivity contribution in [1.29, 1.82) is 0 Å². The van der Waals surface area contributed by atoms with Crippen molar-refractivity contribution in [3.63, 3.8) is 0 Å². The average molecular weight is 300 g/mol. The van der Waals surface area contributed by atoms with Crippen molar-refractivity contribution in [3.05, 3.63) is 71.8 Å². The van der Waals surface area contributed by atoms with E-state index >= 15 is 0 Å². The summed E-state index contributed by atoms with van der Waals surface area (Å²) >= 11 is 0. The van der Waals surface area contributed by atoms with Crippen LogP contribution in [0.2, 0.25) is 0 Å². The zero-order chi connectivity index (χ0) is 16.0. The maximum absolute atomic E-state index is 10.2. The lowest BCUT2D eigenvalue weighted by atomic mass is 9.92. The first kappa shape index (κ1) is 16.6. The van der Waals surface area contributed by atoms with Gasteiger partial charge in [-0.1, -0.05) is 60.7 Å². The van der Waals surface area contributed by atoms with Crippen molar-refractivity contribution in [2.45, 2.75) is 37.1 Å². The summed E-state index contributed by atoms with van der Waals surface area (Å²) < 4.78 is 0. The van der Waals surface area contributed by atoms with E-state index in [-0.39, 0.29) is 12.5 Å². The van der Waals surface area contributed by atoms with Crippen LogP contribution in [0.3, 0.4) is 0 Å². The molecule has 118 valence electrons. The largest absolute Gasteiger partial charge is 0.364 e. The topological polar surface area (TPSA) is 92.5 Å². The summed E-state index contributed by atoms with van der Waals surface area (Å²) in [6.07, 6.45) is 1.02. The van der Waals surface area contributed by atoms with Crippen molar-refractivity contribution >= 4 is 0 Å². The monoisotopic (exact) mass is 300 g/mol. The third kappa shape index (κ3) is 4.93. The standard InChI is InChI=1S/C18H24N2O2/c19-16(11-14-7-3-1-4-8-14)13-18(21,22)17(20)12-15-9-5-2-6-10-15/h1-10,16-17,21-22H,11-13,19-20H2/t16-,17-/m0/s1. The van der Waals surface area contributed by atoms with Gasteiger partial charge < -0.3 is 21.7 Å². The molecular formula is C18H24N2O2. The summed E-state index contributed by atoms with van der Waals surface area (Å²) in [6.45, 7) is 0. The summed E-state index contributed by atoms with van der Waals surface area (Å²) in [4.78, 5) is 0.